The van der Waals surface area contributed by atoms with Crippen LogP contribution in [-0.4, -0.2) is 9.97 Å². The standard InChI is InChI=1S/C12H16N4S/c1-3-7-5-9-11(16-13)14-10(8-4-6(8)2)15-12(9)17-7/h5-6,8H,3-4,13H2,1-2H3,(H,14,15,16). The molecule has 3 rings (SSSR count). The molecule has 0 radical (unpaired) electrons. The number of nitrogens with zero attached hydrogens (tertiary/aromatic N) is 2. The molecule has 2 atom stereocenters. The van der Waals surface area contributed by atoms with Crippen LogP contribution in [-0.2, 0) is 6.42 Å². The Bertz CT molecular complexity index is 563. The summed E-state index contributed by atoms with van der Waals surface area (Å²) in [6, 6.07) is 2.13. The summed E-state index contributed by atoms with van der Waals surface area (Å²) in [6.45, 7) is 4.39. The fraction of sp³-hybridized carbons (Fsp3) is 0.500. The number of aromatic nitrogens is 2. The van der Waals surface area contributed by atoms with Crippen molar-refractivity contribution in [2.75, 3.05) is 5.43 Å². The lowest BCUT2D eigenvalue weighted by molar-refractivity contribution is 0.853. The molecular weight excluding hydrogens is 232 g/mol. The SMILES string of the molecule is CCc1cc2c(NN)nc(C3CC3C)nc2s1. The van der Waals surface area contributed by atoms with Crippen LogP contribution >= 0.6 is 11.3 Å². The van der Waals surface area contributed by atoms with Crippen molar-refractivity contribution in [3.63, 3.8) is 0 Å². The predicted molar refractivity (Wildman–Crippen MR) is 71.1 cm³/mol. The van der Waals surface area contributed by atoms with Gasteiger partial charge in [0, 0.05) is 10.8 Å². The van der Waals surface area contributed by atoms with Crippen molar-refractivity contribution < 1.29 is 0 Å². The summed E-state index contributed by atoms with van der Waals surface area (Å²) in [4.78, 5) is 11.6. The van der Waals surface area contributed by atoms with Gasteiger partial charge in [-0.25, -0.2) is 15.8 Å². The number of aryl methyl sites for hydroxylation is 1. The average Bonchev–Trinajstić information content (AvgIpc) is 2.92. The number of anilines is 1. The molecule has 0 aliphatic heterocycles. The Morgan fingerprint density at radius 3 is 2.88 bits per heavy atom. The van der Waals surface area contributed by atoms with Gasteiger partial charge in [-0.15, -0.1) is 11.3 Å². The summed E-state index contributed by atoms with van der Waals surface area (Å²) >= 11 is 1.74. The first-order chi connectivity index (χ1) is 8.22. The Morgan fingerprint density at radius 1 is 1.53 bits per heavy atom. The third-order valence-corrected chi connectivity index (χ3v) is 4.56. The molecule has 0 aromatic carbocycles. The van der Waals surface area contributed by atoms with Crippen molar-refractivity contribution in [1.29, 1.82) is 0 Å². The minimum absolute atomic E-state index is 0.527. The van der Waals surface area contributed by atoms with Crippen LogP contribution in [0.1, 0.15) is 36.9 Å². The fourth-order valence-electron chi connectivity index (χ4n) is 2.12. The summed E-state index contributed by atoms with van der Waals surface area (Å²) in [5.74, 6) is 8.50. The van der Waals surface area contributed by atoms with Gasteiger partial charge in [-0.1, -0.05) is 13.8 Å². The Morgan fingerprint density at radius 2 is 2.29 bits per heavy atom. The van der Waals surface area contributed by atoms with Crippen molar-refractivity contribution in [2.45, 2.75) is 32.6 Å². The number of rotatable bonds is 3. The Labute approximate surface area is 104 Å². The van der Waals surface area contributed by atoms with Gasteiger partial charge >= 0.3 is 0 Å². The van der Waals surface area contributed by atoms with E-state index >= 15 is 0 Å². The van der Waals surface area contributed by atoms with E-state index in [1.165, 1.54) is 11.3 Å². The summed E-state index contributed by atoms with van der Waals surface area (Å²) in [5, 5.41) is 1.05. The maximum Gasteiger partial charge on any atom is 0.152 e. The summed E-state index contributed by atoms with van der Waals surface area (Å²) in [5.41, 5.74) is 2.70. The normalized spacial score (nSPS) is 23.0. The molecule has 1 fully saturated rings. The zero-order valence-electron chi connectivity index (χ0n) is 10.0. The first-order valence-electron chi connectivity index (χ1n) is 6.00. The van der Waals surface area contributed by atoms with E-state index in [-0.39, 0.29) is 0 Å². The third-order valence-electron chi connectivity index (χ3n) is 3.39. The number of nitrogen functional groups attached to an aromatic ring is 1. The number of hydrazine groups is 1. The Hall–Kier alpha value is -1.20. The van der Waals surface area contributed by atoms with Gasteiger partial charge < -0.3 is 5.43 Å². The van der Waals surface area contributed by atoms with Gasteiger partial charge in [0.15, 0.2) is 5.82 Å². The van der Waals surface area contributed by atoms with Crippen LogP contribution in [0, 0.1) is 5.92 Å². The van der Waals surface area contributed by atoms with E-state index in [1.54, 1.807) is 11.3 Å². The number of nitrogens with two attached hydrogens (primary N) is 1. The van der Waals surface area contributed by atoms with E-state index in [0.29, 0.717) is 11.8 Å². The van der Waals surface area contributed by atoms with Gasteiger partial charge in [-0.3, -0.25) is 0 Å². The molecule has 5 heteroatoms. The molecule has 0 saturated heterocycles. The molecule has 2 aromatic rings. The molecule has 2 heterocycles. The second kappa shape index (κ2) is 3.92. The number of hydrogen-bond donors (Lipinski definition) is 2. The van der Waals surface area contributed by atoms with Crippen LogP contribution in [0.2, 0.25) is 0 Å². The van der Waals surface area contributed by atoms with Gasteiger partial charge in [-0.2, -0.15) is 0 Å². The molecule has 0 amide bonds. The number of fused-ring (bicyclic) bond motifs is 1. The molecule has 3 N–H and O–H groups in total. The minimum atomic E-state index is 0.527. The van der Waals surface area contributed by atoms with Crippen molar-refractivity contribution in [3.8, 4) is 0 Å². The molecule has 90 valence electrons. The van der Waals surface area contributed by atoms with Crippen LogP contribution < -0.4 is 11.3 Å². The van der Waals surface area contributed by atoms with Crippen LogP contribution in [0.4, 0.5) is 5.82 Å². The van der Waals surface area contributed by atoms with E-state index in [2.05, 4.69) is 35.3 Å². The highest BCUT2D eigenvalue weighted by molar-refractivity contribution is 7.18. The average molecular weight is 248 g/mol. The van der Waals surface area contributed by atoms with Crippen LogP contribution in [0.15, 0.2) is 6.07 Å². The second-order valence-corrected chi connectivity index (χ2v) is 5.79. The first-order valence-corrected chi connectivity index (χ1v) is 6.81. The monoisotopic (exact) mass is 248 g/mol. The molecule has 17 heavy (non-hydrogen) atoms. The molecule has 0 bridgehead atoms. The molecule has 2 unspecified atom stereocenters. The highest BCUT2D eigenvalue weighted by atomic mass is 32.1. The molecule has 0 spiro atoms. The van der Waals surface area contributed by atoms with Gasteiger partial charge in [0.05, 0.1) is 5.39 Å². The van der Waals surface area contributed by atoms with Crippen molar-refractivity contribution in [2.24, 2.45) is 11.8 Å². The molecule has 1 aliphatic carbocycles. The largest absolute Gasteiger partial charge is 0.308 e. The highest BCUT2D eigenvalue weighted by Gasteiger charge is 2.37. The fourth-order valence-corrected chi connectivity index (χ4v) is 3.09. The lowest BCUT2D eigenvalue weighted by Gasteiger charge is -2.03. The van der Waals surface area contributed by atoms with Gasteiger partial charge in [0.2, 0.25) is 0 Å². The van der Waals surface area contributed by atoms with E-state index in [4.69, 9.17) is 5.84 Å². The number of thiophene rings is 1. The lowest BCUT2D eigenvalue weighted by Crippen LogP contribution is -2.10. The molecular formula is C12H16N4S. The lowest BCUT2D eigenvalue weighted by atomic mass is 10.3. The van der Waals surface area contributed by atoms with Gasteiger partial charge in [-0.05, 0) is 24.8 Å². The van der Waals surface area contributed by atoms with Crippen molar-refractivity contribution in [1.82, 2.24) is 9.97 Å². The Balaban J connectivity index is 2.14. The third kappa shape index (κ3) is 1.79. The summed E-state index contributed by atoms with van der Waals surface area (Å²) in [6.07, 6.45) is 2.22. The number of hydrogen-bond acceptors (Lipinski definition) is 5. The number of nitrogens with one attached hydrogen (secondary N) is 1. The Kier molecular flexibility index (Phi) is 2.52. The quantitative estimate of drug-likeness (QED) is 0.647. The molecule has 4 nitrogen and oxygen atoms in total. The maximum atomic E-state index is 5.56. The summed E-state index contributed by atoms with van der Waals surface area (Å²) in [7, 11) is 0. The van der Waals surface area contributed by atoms with E-state index in [1.807, 2.05) is 0 Å². The van der Waals surface area contributed by atoms with E-state index < -0.39 is 0 Å². The zero-order chi connectivity index (χ0) is 12.0. The van der Waals surface area contributed by atoms with Crippen molar-refractivity contribution in [3.05, 3.63) is 16.8 Å². The maximum absolute atomic E-state index is 5.56. The van der Waals surface area contributed by atoms with Gasteiger partial charge in [0.25, 0.3) is 0 Å². The second-order valence-electron chi connectivity index (χ2n) is 4.68. The zero-order valence-corrected chi connectivity index (χ0v) is 10.8. The topological polar surface area (TPSA) is 63.8 Å². The smallest absolute Gasteiger partial charge is 0.152 e. The molecule has 2 aromatic heterocycles. The van der Waals surface area contributed by atoms with E-state index in [9.17, 15) is 0 Å². The first kappa shape index (κ1) is 10.9. The summed E-state index contributed by atoms with van der Waals surface area (Å²) < 4.78 is 0. The van der Waals surface area contributed by atoms with Crippen molar-refractivity contribution >= 4 is 27.4 Å². The minimum Gasteiger partial charge on any atom is -0.308 e. The van der Waals surface area contributed by atoms with Crippen LogP contribution in [0.3, 0.4) is 0 Å². The van der Waals surface area contributed by atoms with Crippen LogP contribution in [0.25, 0.3) is 10.2 Å². The van der Waals surface area contributed by atoms with Gasteiger partial charge in [0.1, 0.15) is 10.7 Å². The molecule has 1 saturated carbocycles. The van der Waals surface area contributed by atoms with E-state index in [0.717, 1.165) is 28.3 Å². The molecule has 1 aliphatic rings. The van der Waals surface area contributed by atoms with Crippen LogP contribution in [0.5, 0.6) is 0 Å². The highest BCUT2D eigenvalue weighted by Crippen LogP contribution is 2.46. The predicted octanol–water partition coefficient (Wildman–Crippen LogP) is 2.66.